The third-order valence-electron chi connectivity index (χ3n) is 3.74. The van der Waals surface area contributed by atoms with Crippen molar-refractivity contribution in [3.63, 3.8) is 0 Å². The van der Waals surface area contributed by atoms with Gasteiger partial charge in [0.2, 0.25) is 0 Å². The largest absolute Gasteiger partial charge is 0.370 e. The Bertz CT molecular complexity index is 410. The second-order valence-corrected chi connectivity index (χ2v) is 4.99. The number of aromatic nitrogens is 1. The molecule has 1 aliphatic rings. The van der Waals surface area contributed by atoms with E-state index in [2.05, 4.69) is 17.2 Å². The summed E-state index contributed by atoms with van der Waals surface area (Å²) < 4.78 is 0. The molecule has 1 fully saturated rings. The molecule has 1 amide bonds. The molecule has 0 aliphatic heterocycles. The van der Waals surface area contributed by atoms with Gasteiger partial charge in [-0.2, -0.15) is 0 Å². The number of nitrogens with zero attached hydrogens (tertiary/aromatic N) is 2. The minimum atomic E-state index is 0.116. The molecule has 0 atom stereocenters. The summed E-state index contributed by atoms with van der Waals surface area (Å²) in [5.74, 6) is 0.938. The van der Waals surface area contributed by atoms with Gasteiger partial charge in [-0.05, 0) is 38.8 Å². The Hall–Kier alpha value is -1.58. The zero-order valence-corrected chi connectivity index (χ0v) is 11.9. The first-order valence-electron chi connectivity index (χ1n) is 7.27. The Kier molecular flexibility index (Phi) is 4.77. The number of rotatable bonds is 5. The SMILES string of the molecule is CCNc1ccc(C(=O)N(CC)C2CCCC2)cn1. The summed E-state index contributed by atoms with van der Waals surface area (Å²) >= 11 is 0. The Morgan fingerprint density at radius 3 is 2.63 bits per heavy atom. The molecule has 0 aromatic carbocycles. The number of hydrogen-bond donors (Lipinski definition) is 1. The molecule has 0 unspecified atom stereocenters. The molecule has 4 nitrogen and oxygen atoms in total. The van der Waals surface area contributed by atoms with Gasteiger partial charge in [0, 0.05) is 25.3 Å². The van der Waals surface area contributed by atoms with Gasteiger partial charge in [-0.3, -0.25) is 4.79 Å². The van der Waals surface area contributed by atoms with Gasteiger partial charge in [0.15, 0.2) is 0 Å². The van der Waals surface area contributed by atoms with Crippen LogP contribution >= 0.6 is 0 Å². The Labute approximate surface area is 115 Å². The molecule has 0 radical (unpaired) electrons. The number of carbonyl (C=O) groups is 1. The van der Waals surface area contributed by atoms with Gasteiger partial charge >= 0.3 is 0 Å². The Balaban J connectivity index is 2.08. The van der Waals surface area contributed by atoms with E-state index in [1.807, 2.05) is 24.0 Å². The summed E-state index contributed by atoms with van der Waals surface area (Å²) in [6, 6.07) is 4.16. The number of amides is 1. The van der Waals surface area contributed by atoms with Crippen LogP contribution in [-0.4, -0.2) is 34.9 Å². The third-order valence-corrected chi connectivity index (χ3v) is 3.74. The van der Waals surface area contributed by atoms with E-state index in [9.17, 15) is 4.79 Å². The molecule has 4 heteroatoms. The van der Waals surface area contributed by atoms with E-state index in [0.717, 1.165) is 31.7 Å². The van der Waals surface area contributed by atoms with Crippen molar-refractivity contribution in [1.29, 1.82) is 0 Å². The van der Waals surface area contributed by atoms with Crippen LogP contribution in [0.2, 0.25) is 0 Å². The van der Waals surface area contributed by atoms with E-state index in [-0.39, 0.29) is 5.91 Å². The van der Waals surface area contributed by atoms with Crippen LogP contribution in [0.25, 0.3) is 0 Å². The molecule has 0 spiro atoms. The second-order valence-electron chi connectivity index (χ2n) is 4.99. The first-order chi connectivity index (χ1) is 9.26. The molecule has 2 rings (SSSR count). The van der Waals surface area contributed by atoms with Crippen molar-refractivity contribution >= 4 is 11.7 Å². The maximum atomic E-state index is 12.5. The minimum Gasteiger partial charge on any atom is -0.370 e. The van der Waals surface area contributed by atoms with Crippen LogP contribution in [0.3, 0.4) is 0 Å². The average molecular weight is 261 g/mol. The first kappa shape index (κ1) is 13.8. The number of carbonyl (C=O) groups excluding carboxylic acids is 1. The lowest BCUT2D eigenvalue weighted by Crippen LogP contribution is -2.38. The van der Waals surface area contributed by atoms with E-state index in [1.165, 1.54) is 12.8 Å². The fourth-order valence-corrected chi connectivity index (χ4v) is 2.76. The predicted octanol–water partition coefficient (Wildman–Crippen LogP) is 2.92. The highest BCUT2D eigenvalue weighted by atomic mass is 16.2. The zero-order chi connectivity index (χ0) is 13.7. The standard InChI is InChI=1S/C15H23N3O/c1-3-16-14-10-9-12(11-17-14)15(19)18(4-2)13-7-5-6-8-13/h9-11,13H,3-8H2,1-2H3,(H,16,17). The van der Waals surface area contributed by atoms with Gasteiger partial charge in [-0.25, -0.2) is 4.98 Å². The Morgan fingerprint density at radius 1 is 1.37 bits per heavy atom. The molecule has 0 saturated heterocycles. The van der Waals surface area contributed by atoms with E-state index in [0.29, 0.717) is 11.6 Å². The number of nitrogens with one attached hydrogen (secondary N) is 1. The van der Waals surface area contributed by atoms with Gasteiger partial charge in [0.05, 0.1) is 5.56 Å². The normalized spacial score (nSPS) is 15.5. The number of pyridine rings is 1. The molecule has 1 aromatic rings. The van der Waals surface area contributed by atoms with Gasteiger partial charge in [-0.1, -0.05) is 12.8 Å². The quantitative estimate of drug-likeness (QED) is 0.886. The van der Waals surface area contributed by atoms with Crippen LogP contribution in [0.5, 0.6) is 0 Å². The van der Waals surface area contributed by atoms with E-state index in [4.69, 9.17) is 0 Å². The van der Waals surface area contributed by atoms with Gasteiger partial charge < -0.3 is 10.2 Å². The van der Waals surface area contributed by atoms with Crippen LogP contribution < -0.4 is 5.32 Å². The average Bonchev–Trinajstić information content (AvgIpc) is 2.95. The molecule has 0 bridgehead atoms. The first-order valence-corrected chi connectivity index (χ1v) is 7.27. The summed E-state index contributed by atoms with van der Waals surface area (Å²) in [5.41, 5.74) is 0.690. The molecular weight excluding hydrogens is 238 g/mol. The summed E-state index contributed by atoms with van der Waals surface area (Å²) in [4.78, 5) is 18.8. The van der Waals surface area contributed by atoms with Crippen molar-refractivity contribution in [3.8, 4) is 0 Å². The molecule has 1 aromatic heterocycles. The number of anilines is 1. The molecule has 1 N–H and O–H groups in total. The third kappa shape index (κ3) is 3.25. The highest BCUT2D eigenvalue weighted by Gasteiger charge is 2.26. The predicted molar refractivity (Wildman–Crippen MR) is 77.4 cm³/mol. The second kappa shape index (κ2) is 6.55. The lowest BCUT2D eigenvalue weighted by atomic mass is 10.1. The highest BCUT2D eigenvalue weighted by Crippen LogP contribution is 2.24. The Morgan fingerprint density at radius 2 is 2.11 bits per heavy atom. The fraction of sp³-hybridized carbons (Fsp3) is 0.600. The molecule has 104 valence electrons. The zero-order valence-electron chi connectivity index (χ0n) is 11.9. The summed E-state index contributed by atoms with van der Waals surface area (Å²) in [6.45, 7) is 5.69. The van der Waals surface area contributed by atoms with Crippen molar-refractivity contribution in [3.05, 3.63) is 23.9 Å². The van der Waals surface area contributed by atoms with Crippen molar-refractivity contribution in [2.45, 2.75) is 45.6 Å². The topological polar surface area (TPSA) is 45.2 Å². The van der Waals surface area contributed by atoms with Crippen LogP contribution in [0, 0.1) is 0 Å². The van der Waals surface area contributed by atoms with Crippen LogP contribution in [0.15, 0.2) is 18.3 Å². The van der Waals surface area contributed by atoms with Crippen molar-refractivity contribution in [2.75, 3.05) is 18.4 Å². The van der Waals surface area contributed by atoms with Crippen LogP contribution in [0.1, 0.15) is 49.9 Å². The van der Waals surface area contributed by atoms with Crippen molar-refractivity contribution < 1.29 is 4.79 Å². The maximum Gasteiger partial charge on any atom is 0.255 e. The van der Waals surface area contributed by atoms with Crippen molar-refractivity contribution in [1.82, 2.24) is 9.88 Å². The molecule has 1 heterocycles. The molecular formula is C15H23N3O. The van der Waals surface area contributed by atoms with Gasteiger partial charge in [-0.15, -0.1) is 0 Å². The van der Waals surface area contributed by atoms with Gasteiger partial charge in [0.1, 0.15) is 5.82 Å². The lowest BCUT2D eigenvalue weighted by molar-refractivity contribution is 0.0693. The molecule has 19 heavy (non-hydrogen) atoms. The highest BCUT2D eigenvalue weighted by molar-refractivity contribution is 5.94. The molecule has 1 aliphatic carbocycles. The van der Waals surface area contributed by atoms with E-state index in [1.54, 1.807) is 6.20 Å². The van der Waals surface area contributed by atoms with E-state index < -0.39 is 0 Å². The van der Waals surface area contributed by atoms with Crippen molar-refractivity contribution in [2.24, 2.45) is 0 Å². The minimum absolute atomic E-state index is 0.116. The van der Waals surface area contributed by atoms with Crippen LogP contribution in [0.4, 0.5) is 5.82 Å². The number of hydrogen-bond acceptors (Lipinski definition) is 3. The fourth-order valence-electron chi connectivity index (χ4n) is 2.76. The monoisotopic (exact) mass is 261 g/mol. The van der Waals surface area contributed by atoms with Gasteiger partial charge in [0.25, 0.3) is 5.91 Å². The smallest absolute Gasteiger partial charge is 0.255 e. The van der Waals surface area contributed by atoms with E-state index >= 15 is 0 Å². The van der Waals surface area contributed by atoms with Crippen LogP contribution in [-0.2, 0) is 0 Å². The summed E-state index contributed by atoms with van der Waals surface area (Å²) in [6.07, 6.45) is 6.45. The maximum absolute atomic E-state index is 12.5. The lowest BCUT2D eigenvalue weighted by Gasteiger charge is -2.27. The summed E-state index contributed by atoms with van der Waals surface area (Å²) in [7, 11) is 0. The molecule has 1 saturated carbocycles. The summed E-state index contributed by atoms with van der Waals surface area (Å²) in [5, 5.41) is 3.14.